The molecule has 0 N–H and O–H groups in total. The van der Waals surface area contributed by atoms with Gasteiger partial charge >= 0.3 is 0 Å². The molecule has 0 spiro atoms. The van der Waals surface area contributed by atoms with Crippen LogP contribution in [-0.2, 0) is 4.84 Å². The fourth-order valence-corrected chi connectivity index (χ4v) is 3.22. The molecular weight excluding hydrogens is 174 g/mol. The van der Waals surface area contributed by atoms with Gasteiger partial charge in [0.15, 0.2) is 0 Å². The number of nitrogens with zero attached hydrogens (tertiary/aromatic N) is 1. The minimum Gasteiger partial charge on any atom is -0.292 e. The van der Waals surface area contributed by atoms with Crippen LogP contribution in [0.15, 0.2) is 0 Å². The molecule has 2 aliphatic rings. The number of hydrogen-bond donors (Lipinski definition) is 0. The van der Waals surface area contributed by atoms with E-state index in [-0.39, 0.29) is 5.60 Å². The smallest absolute Gasteiger partial charge is 0.0887 e. The van der Waals surface area contributed by atoms with Crippen molar-refractivity contribution in [3.8, 4) is 0 Å². The molecule has 0 aromatic heterocycles. The summed E-state index contributed by atoms with van der Waals surface area (Å²) >= 11 is 0. The lowest BCUT2D eigenvalue weighted by atomic mass is 9.73. The van der Waals surface area contributed by atoms with Gasteiger partial charge in [0.1, 0.15) is 0 Å². The van der Waals surface area contributed by atoms with Gasteiger partial charge < -0.3 is 0 Å². The number of rotatable bonds is 1. The third-order valence-electron chi connectivity index (χ3n) is 4.01. The van der Waals surface area contributed by atoms with Crippen LogP contribution in [0.5, 0.6) is 0 Å². The van der Waals surface area contributed by atoms with Crippen molar-refractivity contribution in [2.24, 2.45) is 11.8 Å². The largest absolute Gasteiger partial charge is 0.292 e. The van der Waals surface area contributed by atoms with E-state index in [1.165, 1.54) is 19.3 Å². The summed E-state index contributed by atoms with van der Waals surface area (Å²) in [6.07, 6.45) is 4.04. The average molecular weight is 197 g/mol. The zero-order chi connectivity index (χ0) is 10.3. The molecule has 2 rings (SSSR count). The topological polar surface area (TPSA) is 12.5 Å². The maximum absolute atomic E-state index is 6.03. The molecule has 1 saturated carbocycles. The quantitative estimate of drug-likeness (QED) is 0.641. The van der Waals surface area contributed by atoms with Crippen LogP contribution in [-0.4, -0.2) is 23.3 Å². The second-order valence-corrected chi connectivity index (χ2v) is 5.52. The Labute approximate surface area is 87.6 Å². The first-order valence-corrected chi connectivity index (χ1v) is 6.00. The molecule has 82 valence electrons. The van der Waals surface area contributed by atoms with Gasteiger partial charge in [-0.15, -0.1) is 0 Å². The van der Waals surface area contributed by atoms with Crippen molar-refractivity contribution in [2.75, 3.05) is 6.54 Å². The maximum atomic E-state index is 6.03. The molecule has 0 unspecified atom stereocenters. The first kappa shape index (κ1) is 10.4. The Morgan fingerprint density at radius 2 is 2.07 bits per heavy atom. The highest BCUT2D eigenvalue weighted by molar-refractivity contribution is 4.96. The van der Waals surface area contributed by atoms with E-state index in [2.05, 4.69) is 32.8 Å². The van der Waals surface area contributed by atoms with Crippen LogP contribution < -0.4 is 0 Å². The molecule has 1 aliphatic heterocycles. The third kappa shape index (κ3) is 1.59. The molecule has 0 aromatic rings. The summed E-state index contributed by atoms with van der Waals surface area (Å²) in [4.78, 5) is 6.03. The van der Waals surface area contributed by atoms with E-state index in [0.717, 1.165) is 18.4 Å². The Kier molecular flexibility index (Phi) is 2.61. The number of hydrogen-bond acceptors (Lipinski definition) is 2. The first-order chi connectivity index (χ1) is 6.54. The maximum Gasteiger partial charge on any atom is 0.0887 e. The van der Waals surface area contributed by atoms with Gasteiger partial charge in [-0.05, 0) is 32.6 Å². The fourth-order valence-electron chi connectivity index (χ4n) is 3.22. The zero-order valence-corrected chi connectivity index (χ0v) is 9.92. The molecule has 2 nitrogen and oxygen atoms in total. The molecule has 2 heteroatoms. The summed E-state index contributed by atoms with van der Waals surface area (Å²) in [6.45, 7) is 10.1. The first-order valence-electron chi connectivity index (χ1n) is 6.00. The highest BCUT2D eigenvalue weighted by Gasteiger charge is 2.49. The van der Waals surface area contributed by atoms with E-state index >= 15 is 0 Å². The summed E-state index contributed by atoms with van der Waals surface area (Å²) in [5, 5.41) is 2.22. The van der Waals surface area contributed by atoms with Gasteiger partial charge in [-0.1, -0.05) is 20.3 Å². The molecule has 1 aliphatic carbocycles. The molecule has 14 heavy (non-hydrogen) atoms. The van der Waals surface area contributed by atoms with Crippen LogP contribution in [0.2, 0.25) is 0 Å². The summed E-state index contributed by atoms with van der Waals surface area (Å²) in [5.41, 5.74) is 0.0703. The molecule has 3 atom stereocenters. The van der Waals surface area contributed by atoms with E-state index in [0.29, 0.717) is 6.04 Å². The second-order valence-electron chi connectivity index (χ2n) is 5.52. The highest BCUT2D eigenvalue weighted by atomic mass is 16.7. The predicted molar refractivity (Wildman–Crippen MR) is 57.8 cm³/mol. The number of hydroxylamine groups is 2. The minimum atomic E-state index is 0.0703. The van der Waals surface area contributed by atoms with Crippen molar-refractivity contribution in [3.05, 3.63) is 0 Å². The molecule has 1 heterocycles. The summed E-state index contributed by atoms with van der Waals surface area (Å²) in [5.74, 6) is 1.63. The molecule has 0 aromatic carbocycles. The monoisotopic (exact) mass is 197 g/mol. The van der Waals surface area contributed by atoms with Gasteiger partial charge in [0.05, 0.1) is 5.60 Å². The Morgan fingerprint density at radius 3 is 2.71 bits per heavy atom. The van der Waals surface area contributed by atoms with Crippen LogP contribution in [0, 0.1) is 11.8 Å². The normalized spacial score (nSPS) is 42.4. The summed E-state index contributed by atoms with van der Waals surface area (Å²) < 4.78 is 0. The van der Waals surface area contributed by atoms with Crippen molar-refractivity contribution in [2.45, 2.75) is 58.6 Å². The SMILES string of the molecule is CCN1OC(C)(C)[C@H]2CC[C@@H](C)C[C@@H]21. The number of fused-ring (bicyclic) bond motifs is 1. The van der Waals surface area contributed by atoms with Crippen molar-refractivity contribution in [1.82, 2.24) is 5.06 Å². The lowest BCUT2D eigenvalue weighted by Crippen LogP contribution is -2.38. The van der Waals surface area contributed by atoms with Crippen LogP contribution in [0.3, 0.4) is 0 Å². The fraction of sp³-hybridized carbons (Fsp3) is 1.00. The molecule has 0 bridgehead atoms. The van der Waals surface area contributed by atoms with Crippen LogP contribution >= 0.6 is 0 Å². The van der Waals surface area contributed by atoms with E-state index in [1.807, 2.05) is 0 Å². The Morgan fingerprint density at radius 1 is 1.36 bits per heavy atom. The summed E-state index contributed by atoms with van der Waals surface area (Å²) in [6, 6.07) is 0.679. The Balaban J connectivity index is 2.15. The van der Waals surface area contributed by atoms with Gasteiger partial charge in [-0.3, -0.25) is 4.84 Å². The van der Waals surface area contributed by atoms with E-state index in [4.69, 9.17) is 4.84 Å². The van der Waals surface area contributed by atoms with Crippen molar-refractivity contribution < 1.29 is 4.84 Å². The lowest BCUT2D eigenvalue weighted by molar-refractivity contribution is -0.192. The van der Waals surface area contributed by atoms with Crippen LogP contribution in [0.4, 0.5) is 0 Å². The van der Waals surface area contributed by atoms with Crippen molar-refractivity contribution in [3.63, 3.8) is 0 Å². The summed E-state index contributed by atoms with van der Waals surface area (Å²) in [7, 11) is 0. The second kappa shape index (κ2) is 3.49. The standard InChI is InChI=1S/C12H23NO/c1-5-13-11-8-9(2)6-7-10(11)12(3,4)14-13/h9-11H,5-8H2,1-4H3/t9-,10+,11+/m1/s1. The molecule has 1 saturated heterocycles. The molecule has 2 fully saturated rings. The highest BCUT2D eigenvalue weighted by Crippen LogP contribution is 2.45. The van der Waals surface area contributed by atoms with Gasteiger partial charge in [0.25, 0.3) is 0 Å². The van der Waals surface area contributed by atoms with Crippen molar-refractivity contribution >= 4 is 0 Å². The van der Waals surface area contributed by atoms with Crippen LogP contribution in [0.1, 0.15) is 47.0 Å². The van der Waals surface area contributed by atoms with E-state index < -0.39 is 0 Å². The average Bonchev–Trinajstić information content (AvgIpc) is 2.37. The molecule has 0 radical (unpaired) electrons. The van der Waals surface area contributed by atoms with Gasteiger partial charge in [-0.25, -0.2) is 0 Å². The third-order valence-corrected chi connectivity index (χ3v) is 4.01. The van der Waals surface area contributed by atoms with Gasteiger partial charge in [0, 0.05) is 18.5 Å². The van der Waals surface area contributed by atoms with Gasteiger partial charge in [0.2, 0.25) is 0 Å². The molecule has 0 amide bonds. The van der Waals surface area contributed by atoms with Gasteiger partial charge in [-0.2, -0.15) is 5.06 Å². The van der Waals surface area contributed by atoms with Crippen LogP contribution in [0.25, 0.3) is 0 Å². The Bertz CT molecular complexity index is 214. The Hall–Kier alpha value is -0.0800. The minimum absolute atomic E-state index is 0.0703. The van der Waals surface area contributed by atoms with Crippen molar-refractivity contribution in [1.29, 1.82) is 0 Å². The van der Waals surface area contributed by atoms with E-state index in [9.17, 15) is 0 Å². The lowest BCUT2D eigenvalue weighted by Gasteiger charge is -2.34. The molecular formula is C12H23NO. The van der Waals surface area contributed by atoms with E-state index in [1.54, 1.807) is 0 Å². The zero-order valence-electron chi connectivity index (χ0n) is 9.92. The predicted octanol–water partition coefficient (Wildman–Crippen LogP) is 2.84.